The van der Waals surface area contributed by atoms with Gasteiger partial charge in [-0.3, -0.25) is 4.79 Å². The molecule has 2 rings (SSSR count). The van der Waals surface area contributed by atoms with Crippen molar-refractivity contribution in [2.75, 3.05) is 0 Å². The molecule has 0 unspecified atom stereocenters. The van der Waals surface area contributed by atoms with Crippen molar-refractivity contribution in [1.29, 1.82) is 5.26 Å². The molecule has 15 heavy (non-hydrogen) atoms. The molecule has 0 bridgehead atoms. The maximum Gasteiger partial charge on any atom is 0.292 e. The second-order valence-electron chi connectivity index (χ2n) is 3.83. The first-order chi connectivity index (χ1) is 7.22. The van der Waals surface area contributed by atoms with Gasteiger partial charge < -0.3 is 4.74 Å². The van der Waals surface area contributed by atoms with Gasteiger partial charge in [0.2, 0.25) is 0 Å². The molecule has 1 aromatic carbocycles. The molecule has 1 saturated carbocycles. The first-order valence-electron chi connectivity index (χ1n) is 4.88. The van der Waals surface area contributed by atoms with E-state index in [-0.39, 0.29) is 11.7 Å². The van der Waals surface area contributed by atoms with Crippen LogP contribution in [0.2, 0.25) is 0 Å². The van der Waals surface area contributed by atoms with E-state index in [1.807, 2.05) is 18.2 Å². The minimum Gasteiger partial charge on any atom is -0.388 e. The molecule has 1 aliphatic rings. The van der Waals surface area contributed by atoms with E-state index in [4.69, 9.17) is 10.00 Å². The molecule has 76 valence electrons. The zero-order valence-corrected chi connectivity index (χ0v) is 8.43. The smallest absolute Gasteiger partial charge is 0.292 e. The van der Waals surface area contributed by atoms with Gasteiger partial charge >= 0.3 is 0 Å². The molecule has 0 heterocycles. The molecule has 3 nitrogen and oxygen atoms in total. The summed E-state index contributed by atoms with van der Waals surface area (Å²) in [4.78, 5) is 11.1. The number of benzene rings is 1. The van der Waals surface area contributed by atoms with E-state index in [1.54, 1.807) is 19.2 Å². The molecule has 1 fully saturated rings. The Hall–Kier alpha value is -1.82. The largest absolute Gasteiger partial charge is 0.388 e. The van der Waals surface area contributed by atoms with Crippen molar-refractivity contribution < 1.29 is 9.53 Å². The number of hydrogen-bond donors (Lipinski definition) is 0. The van der Waals surface area contributed by atoms with Crippen molar-refractivity contribution in [2.24, 2.45) is 5.92 Å². The Balaban J connectivity index is 2.14. The fourth-order valence-electron chi connectivity index (χ4n) is 1.87. The third kappa shape index (κ3) is 1.99. The van der Waals surface area contributed by atoms with Crippen LogP contribution in [-0.2, 0) is 4.79 Å². The molecule has 0 saturated heterocycles. The van der Waals surface area contributed by atoms with E-state index in [1.165, 1.54) is 0 Å². The molecule has 3 heteroatoms. The number of carbonyl (C=O) groups is 1. The minimum atomic E-state index is 0.169. The summed E-state index contributed by atoms with van der Waals surface area (Å²) < 4.78 is 4.74. The van der Waals surface area contributed by atoms with Gasteiger partial charge in [-0.25, -0.2) is 0 Å². The lowest BCUT2D eigenvalue weighted by Gasteiger charge is -2.00. The predicted molar refractivity (Wildman–Crippen MR) is 54.2 cm³/mol. The Labute approximate surface area is 88.3 Å². The summed E-state index contributed by atoms with van der Waals surface area (Å²) in [5.41, 5.74) is 1.09. The minimum absolute atomic E-state index is 0.169. The van der Waals surface area contributed by atoms with Gasteiger partial charge in [0, 0.05) is 5.92 Å². The van der Waals surface area contributed by atoms with Gasteiger partial charge in [0.05, 0.1) is 0 Å². The maximum atomic E-state index is 11.1. The van der Waals surface area contributed by atoms with Gasteiger partial charge in [-0.05, 0) is 37.0 Å². The fraction of sp³-hybridized carbons (Fsp3) is 0.333. The molecule has 2 atom stereocenters. The summed E-state index contributed by atoms with van der Waals surface area (Å²) in [5, 5.41) is 8.38. The molecule has 0 radical (unpaired) electrons. The van der Waals surface area contributed by atoms with E-state index >= 15 is 0 Å². The third-order valence-corrected chi connectivity index (χ3v) is 2.76. The average molecular weight is 201 g/mol. The highest BCUT2D eigenvalue weighted by molar-refractivity contribution is 5.82. The standard InChI is InChI=1S/C12H11NO2/c1-8(14)11-6-12(11)9-3-2-4-10(5-9)15-7-13/h2-5,11-12H,6H2,1H3/t11-,12-/m0/s1. The number of nitriles is 1. The second-order valence-corrected chi connectivity index (χ2v) is 3.83. The number of Topliss-reactive ketones (excluding diaryl/α,β-unsaturated/α-hetero) is 1. The monoisotopic (exact) mass is 201 g/mol. The number of nitrogens with zero attached hydrogens (tertiary/aromatic N) is 1. The van der Waals surface area contributed by atoms with Gasteiger partial charge in [-0.1, -0.05) is 12.1 Å². The Bertz CT molecular complexity index is 433. The number of rotatable bonds is 3. The van der Waals surface area contributed by atoms with Gasteiger partial charge in [-0.2, -0.15) is 0 Å². The first kappa shape index (κ1) is 9.72. The number of ether oxygens (including phenoxy) is 1. The van der Waals surface area contributed by atoms with Crippen LogP contribution in [0.15, 0.2) is 24.3 Å². The van der Waals surface area contributed by atoms with Crippen LogP contribution in [0.4, 0.5) is 0 Å². The maximum absolute atomic E-state index is 11.1. The zero-order valence-electron chi connectivity index (χ0n) is 8.43. The van der Waals surface area contributed by atoms with Crippen LogP contribution in [0.5, 0.6) is 5.75 Å². The molecule has 0 spiro atoms. The highest BCUT2D eigenvalue weighted by Crippen LogP contribution is 2.48. The highest BCUT2D eigenvalue weighted by Gasteiger charge is 2.41. The van der Waals surface area contributed by atoms with Crippen LogP contribution in [0.1, 0.15) is 24.8 Å². The quantitative estimate of drug-likeness (QED) is 0.704. The van der Waals surface area contributed by atoms with Gasteiger partial charge in [0.15, 0.2) is 0 Å². The van der Waals surface area contributed by atoms with Crippen LogP contribution in [0.3, 0.4) is 0 Å². The Morgan fingerprint density at radius 2 is 2.40 bits per heavy atom. The van der Waals surface area contributed by atoms with Crippen molar-refractivity contribution in [3.63, 3.8) is 0 Å². The lowest BCUT2D eigenvalue weighted by atomic mass is 10.1. The summed E-state index contributed by atoms with van der Waals surface area (Å²) in [7, 11) is 0. The summed E-state index contributed by atoms with van der Waals surface area (Å²) >= 11 is 0. The highest BCUT2D eigenvalue weighted by atomic mass is 16.5. The number of carbonyl (C=O) groups excluding carboxylic acids is 1. The molecular formula is C12H11NO2. The van der Waals surface area contributed by atoms with Crippen molar-refractivity contribution in [2.45, 2.75) is 19.3 Å². The molecule has 0 aromatic heterocycles. The van der Waals surface area contributed by atoms with Crippen LogP contribution in [-0.4, -0.2) is 5.78 Å². The number of ketones is 1. The number of hydrogen-bond acceptors (Lipinski definition) is 3. The zero-order chi connectivity index (χ0) is 10.8. The molecule has 1 aromatic rings. The Morgan fingerprint density at radius 3 is 3.00 bits per heavy atom. The Kier molecular flexibility index (Phi) is 2.42. The van der Waals surface area contributed by atoms with Crippen LogP contribution in [0, 0.1) is 17.4 Å². The van der Waals surface area contributed by atoms with Crippen LogP contribution in [0.25, 0.3) is 0 Å². The predicted octanol–water partition coefficient (Wildman–Crippen LogP) is 2.24. The summed E-state index contributed by atoms with van der Waals surface area (Å²) in [6, 6.07) is 7.38. The topological polar surface area (TPSA) is 50.1 Å². The van der Waals surface area contributed by atoms with E-state index in [9.17, 15) is 4.79 Å². The average Bonchev–Trinajstić information content (AvgIpc) is 2.98. The van der Waals surface area contributed by atoms with E-state index < -0.39 is 0 Å². The van der Waals surface area contributed by atoms with E-state index in [2.05, 4.69) is 0 Å². The second kappa shape index (κ2) is 3.74. The molecule has 0 N–H and O–H groups in total. The Morgan fingerprint density at radius 1 is 1.60 bits per heavy atom. The summed E-state index contributed by atoms with van der Waals surface area (Å²) in [6.07, 6.45) is 2.56. The van der Waals surface area contributed by atoms with Gasteiger partial charge in [0.1, 0.15) is 11.5 Å². The first-order valence-corrected chi connectivity index (χ1v) is 4.88. The van der Waals surface area contributed by atoms with E-state index in [0.29, 0.717) is 11.7 Å². The van der Waals surface area contributed by atoms with Crippen LogP contribution >= 0.6 is 0 Å². The van der Waals surface area contributed by atoms with E-state index in [0.717, 1.165) is 12.0 Å². The lowest BCUT2D eigenvalue weighted by Crippen LogP contribution is -1.94. The molecular weight excluding hydrogens is 190 g/mol. The molecule has 0 aliphatic heterocycles. The normalized spacial score (nSPS) is 22.9. The van der Waals surface area contributed by atoms with Crippen LogP contribution < -0.4 is 4.74 Å². The van der Waals surface area contributed by atoms with Gasteiger partial charge in [0.25, 0.3) is 6.26 Å². The summed E-state index contributed by atoms with van der Waals surface area (Å²) in [5.74, 6) is 1.28. The summed E-state index contributed by atoms with van der Waals surface area (Å²) in [6.45, 7) is 1.63. The van der Waals surface area contributed by atoms with Crippen molar-refractivity contribution in [3.8, 4) is 12.0 Å². The third-order valence-electron chi connectivity index (χ3n) is 2.76. The van der Waals surface area contributed by atoms with Gasteiger partial charge in [-0.15, -0.1) is 5.26 Å². The SMILES string of the molecule is CC(=O)[C@@H]1C[C@H]1c1cccc(OC#N)c1. The van der Waals surface area contributed by atoms with Crippen molar-refractivity contribution in [3.05, 3.63) is 29.8 Å². The molecule has 1 aliphatic carbocycles. The molecule has 0 amide bonds. The lowest BCUT2D eigenvalue weighted by molar-refractivity contribution is -0.118. The van der Waals surface area contributed by atoms with Crippen molar-refractivity contribution in [1.82, 2.24) is 0 Å². The fourth-order valence-corrected chi connectivity index (χ4v) is 1.87. The van der Waals surface area contributed by atoms with Crippen molar-refractivity contribution >= 4 is 5.78 Å².